The van der Waals surface area contributed by atoms with Crippen LogP contribution in [0.1, 0.15) is 17.0 Å². The molecule has 6 nitrogen and oxygen atoms in total. The molecular formula is C13H10BrN5O. The SMILES string of the molecule is N#Cc1ncn(CC(=O)N2Cc3ccc(Br)cc3C2)n1. The van der Waals surface area contributed by atoms with Crippen molar-refractivity contribution in [2.75, 3.05) is 0 Å². The van der Waals surface area contributed by atoms with Crippen LogP contribution in [0.25, 0.3) is 0 Å². The Morgan fingerprint density at radius 1 is 1.40 bits per heavy atom. The molecule has 3 rings (SSSR count). The van der Waals surface area contributed by atoms with Gasteiger partial charge in [0, 0.05) is 17.6 Å². The van der Waals surface area contributed by atoms with E-state index in [1.807, 2.05) is 24.3 Å². The first kappa shape index (κ1) is 12.8. The van der Waals surface area contributed by atoms with E-state index in [1.54, 1.807) is 4.90 Å². The van der Waals surface area contributed by atoms with E-state index in [0.717, 1.165) is 15.6 Å². The quantitative estimate of drug-likeness (QED) is 0.834. The van der Waals surface area contributed by atoms with Gasteiger partial charge < -0.3 is 4.90 Å². The molecular weight excluding hydrogens is 322 g/mol. The van der Waals surface area contributed by atoms with E-state index in [2.05, 4.69) is 26.0 Å². The van der Waals surface area contributed by atoms with E-state index >= 15 is 0 Å². The first-order chi connectivity index (χ1) is 9.65. The molecule has 1 amide bonds. The highest BCUT2D eigenvalue weighted by atomic mass is 79.9. The first-order valence-corrected chi connectivity index (χ1v) is 6.79. The van der Waals surface area contributed by atoms with E-state index in [-0.39, 0.29) is 18.3 Å². The molecule has 0 bridgehead atoms. The molecule has 1 aliphatic rings. The maximum absolute atomic E-state index is 12.2. The molecule has 0 saturated carbocycles. The molecule has 0 unspecified atom stereocenters. The maximum Gasteiger partial charge on any atom is 0.252 e. The Morgan fingerprint density at radius 2 is 2.20 bits per heavy atom. The molecule has 0 fully saturated rings. The van der Waals surface area contributed by atoms with E-state index < -0.39 is 0 Å². The van der Waals surface area contributed by atoms with Crippen molar-refractivity contribution in [1.82, 2.24) is 19.7 Å². The molecule has 0 aliphatic carbocycles. The lowest BCUT2D eigenvalue weighted by atomic mass is 10.1. The van der Waals surface area contributed by atoms with Crippen molar-refractivity contribution in [3.05, 3.63) is 46.0 Å². The van der Waals surface area contributed by atoms with Crippen molar-refractivity contribution < 1.29 is 4.79 Å². The fraction of sp³-hybridized carbons (Fsp3) is 0.231. The molecule has 20 heavy (non-hydrogen) atoms. The summed E-state index contributed by atoms with van der Waals surface area (Å²) in [4.78, 5) is 17.8. The summed E-state index contributed by atoms with van der Waals surface area (Å²) in [5, 5.41) is 12.5. The van der Waals surface area contributed by atoms with Crippen LogP contribution in [0.3, 0.4) is 0 Å². The molecule has 2 aromatic rings. The summed E-state index contributed by atoms with van der Waals surface area (Å²) in [5.41, 5.74) is 2.32. The van der Waals surface area contributed by atoms with Gasteiger partial charge in [0.25, 0.3) is 5.82 Å². The molecule has 0 atom stereocenters. The monoisotopic (exact) mass is 331 g/mol. The number of carbonyl (C=O) groups excluding carboxylic acids is 1. The van der Waals surface area contributed by atoms with Crippen molar-refractivity contribution in [3.8, 4) is 6.07 Å². The number of aromatic nitrogens is 3. The van der Waals surface area contributed by atoms with E-state index in [1.165, 1.54) is 11.0 Å². The second-order valence-electron chi connectivity index (χ2n) is 4.54. The van der Waals surface area contributed by atoms with Gasteiger partial charge in [-0.25, -0.2) is 9.67 Å². The molecule has 0 saturated heterocycles. The summed E-state index contributed by atoms with van der Waals surface area (Å²) in [6.45, 7) is 1.32. The molecule has 7 heteroatoms. The summed E-state index contributed by atoms with van der Waals surface area (Å²) in [6.07, 6.45) is 1.40. The number of hydrogen-bond acceptors (Lipinski definition) is 4. The standard InChI is InChI=1S/C13H10BrN5O/c14-11-2-1-9-5-18(6-10(9)3-11)13(20)7-19-8-16-12(4-15)17-19/h1-3,8H,5-7H2. The van der Waals surface area contributed by atoms with Crippen molar-refractivity contribution in [1.29, 1.82) is 5.26 Å². The Labute approximate surface area is 123 Å². The highest BCUT2D eigenvalue weighted by Crippen LogP contribution is 2.25. The van der Waals surface area contributed by atoms with Gasteiger partial charge in [0.1, 0.15) is 18.9 Å². The zero-order valence-corrected chi connectivity index (χ0v) is 12.0. The molecule has 1 aromatic carbocycles. The lowest BCUT2D eigenvalue weighted by Gasteiger charge is -2.14. The van der Waals surface area contributed by atoms with Gasteiger partial charge >= 0.3 is 0 Å². The number of benzene rings is 1. The number of amides is 1. The summed E-state index contributed by atoms with van der Waals surface area (Å²) in [7, 11) is 0. The van der Waals surface area contributed by atoms with Gasteiger partial charge in [0.15, 0.2) is 0 Å². The summed E-state index contributed by atoms with van der Waals surface area (Å²) < 4.78 is 2.40. The average molecular weight is 332 g/mol. The number of halogens is 1. The fourth-order valence-corrected chi connectivity index (χ4v) is 2.61. The molecule has 2 heterocycles. The van der Waals surface area contributed by atoms with Crippen LogP contribution in [-0.2, 0) is 24.4 Å². The van der Waals surface area contributed by atoms with E-state index in [4.69, 9.17) is 5.26 Å². The van der Waals surface area contributed by atoms with Gasteiger partial charge in [0.05, 0.1) is 0 Å². The Kier molecular flexibility index (Phi) is 3.24. The summed E-state index contributed by atoms with van der Waals surface area (Å²) in [6, 6.07) is 7.87. The molecule has 1 aliphatic heterocycles. The Hall–Kier alpha value is -2.20. The number of nitriles is 1. The van der Waals surface area contributed by atoms with Gasteiger partial charge in [-0.1, -0.05) is 22.0 Å². The minimum absolute atomic E-state index is 0.0355. The topological polar surface area (TPSA) is 74.8 Å². The minimum atomic E-state index is -0.0355. The zero-order valence-electron chi connectivity index (χ0n) is 10.5. The summed E-state index contributed by atoms with van der Waals surface area (Å²) in [5.74, 6) is 0.0400. The second-order valence-corrected chi connectivity index (χ2v) is 5.46. The third kappa shape index (κ3) is 2.42. The maximum atomic E-state index is 12.2. The van der Waals surface area contributed by atoms with Crippen molar-refractivity contribution in [2.45, 2.75) is 19.6 Å². The van der Waals surface area contributed by atoms with Crippen LogP contribution in [-0.4, -0.2) is 25.6 Å². The third-order valence-corrected chi connectivity index (χ3v) is 3.67. The van der Waals surface area contributed by atoms with Crippen molar-refractivity contribution in [2.24, 2.45) is 0 Å². The molecule has 0 spiro atoms. The number of fused-ring (bicyclic) bond motifs is 1. The van der Waals surface area contributed by atoms with Crippen molar-refractivity contribution >= 4 is 21.8 Å². The van der Waals surface area contributed by atoms with Gasteiger partial charge in [0.2, 0.25) is 5.91 Å². The molecule has 100 valence electrons. The van der Waals surface area contributed by atoms with Gasteiger partial charge in [-0.3, -0.25) is 4.79 Å². The molecule has 0 N–H and O–H groups in total. The van der Waals surface area contributed by atoms with E-state index in [9.17, 15) is 4.79 Å². The van der Waals surface area contributed by atoms with Crippen LogP contribution in [0.2, 0.25) is 0 Å². The number of carbonyl (C=O) groups is 1. The van der Waals surface area contributed by atoms with Crippen LogP contribution in [0.15, 0.2) is 29.0 Å². The number of rotatable bonds is 2. The molecule has 1 aromatic heterocycles. The Balaban J connectivity index is 1.70. The second kappa shape index (κ2) is 5.06. The largest absolute Gasteiger partial charge is 0.332 e. The average Bonchev–Trinajstić information content (AvgIpc) is 3.04. The first-order valence-electron chi connectivity index (χ1n) is 6.00. The smallest absolute Gasteiger partial charge is 0.252 e. The highest BCUT2D eigenvalue weighted by Gasteiger charge is 2.23. The predicted molar refractivity (Wildman–Crippen MR) is 73.1 cm³/mol. The van der Waals surface area contributed by atoms with Crippen LogP contribution >= 0.6 is 15.9 Å². The van der Waals surface area contributed by atoms with Gasteiger partial charge in [-0.2, -0.15) is 5.26 Å². The van der Waals surface area contributed by atoms with E-state index in [0.29, 0.717) is 13.1 Å². The Bertz CT molecular complexity index is 718. The van der Waals surface area contributed by atoms with Crippen molar-refractivity contribution in [3.63, 3.8) is 0 Å². The number of nitrogens with zero attached hydrogens (tertiary/aromatic N) is 5. The lowest BCUT2D eigenvalue weighted by molar-refractivity contribution is -0.132. The third-order valence-electron chi connectivity index (χ3n) is 3.18. The number of hydrogen-bond donors (Lipinski definition) is 0. The lowest BCUT2D eigenvalue weighted by Crippen LogP contribution is -2.29. The van der Waals surface area contributed by atoms with Crippen LogP contribution < -0.4 is 0 Å². The predicted octanol–water partition coefficient (Wildman–Crippen LogP) is 1.45. The normalized spacial score (nSPS) is 13.1. The minimum Gasteiger partial charge on any atom is -0.332 e. The summed E-state index contributed by atoms with van der Waals surface area (Å²) >= 11 is 3.43. The Morgan fingerprint density at radius 3 is 2.95 bits per heavy atom. The zero-order chi connectivity index (χ0) is 14.1. The van der Waals surface area contributed by atoms with Gasteiger partial charge in [-0.05, 0) is 23.3 Å². The van der Waals surface area contributed by atoms with Crippen LogP contribution in [0.4, 0.5) is 0 Å². The van der Waals surface area contributed by atoms with Crippen LogP contribution in [0, 0.1) is 11.3 Å². The van der Waals surface area contributed by atoms with Gasteiger partial charge in [-0.15, -0.1) is 5.10 Å². The van der Waals surface area contributed by atoms with Crippen LogP contribution in [0.5, 0.6) is 0 Å². The highest BCUT2D eigenvalue weighted by molar-refractivity contribution is 9.10. The molecule has 0 radical (unpaired) electrons. The fourth-order valence-electron chi connectivity index (χ4n) is 2.20.